The van der Waals surface area contributed by atoms with Crippen molar-refractivity contribution in [2.75, 3.05) is 18.5 Å². The van der Waals surface area contributed by atoms with Crippen molar-refractivity contribution < 1.29 is 14.5 Å². The van der Waals surface area contributed by atoms with Gasteiger partial charge in [-0.15, -0.1) is 0 Å². The first-order chi connectivity index (χ1) is 8.60. The number of nitrogens with one attached hydrogen (secondary N) is 1. The number of carbonyl (C=O) groups is 1. The fourth-order valence-electron chi connectivity index (χ4n) is 1.44. The topological polar surface area (TPSA) is 81.5 Å². The van der Waals surface area contributed by atoms with Gasteiger partial charge in [0.15, 0.2) is 0 Å². The maximum Gasteiger partial charge on any atom is 0.340 e. The van der Waals surface area contributed by atoms with Gasteiger partial charge in [0.2, 0.25) is 0 Å². The van der Waals surface area contributed by atoms with Crippen LogP contribution in [-0.2, 0) is 4.74 Å². The number of esters is 1. The Hall–Kier alpha value is -2.11. The average Bonchev–Trinajstić information content (AvgIpc) is 2.36. The lowest BCUT2D eigenvalue weighted by molar-refractivity contribution is -0.384. The van der Waals surface area contributed by atoms with E-state index in [1.54, 1.807) is 6.92 Å². The van der Waals surface area contributed by atoms with E-state index in [0.717, 1.165) is 6.42 Å². The van der Waals surface area contributed by atoms with E-state index < -0.39 is 10.9 Å². The van der Waals surface area contributed by atoms with E-state index >= 15 is 0 Å². The second kappa shape index (κ2) is 6.58. The number of non-ortho nitro benzene ring substituents is 1. The molecule has 98 valence electrons. The summed E-state index contributed by atoms with van der Waals surface area (Å²) in [5.41, 5.74) is 0.625. The maximum absolute atomic E-state index is 11.7. The van der Waals surface area contributed by atoms with Crippen molar-refractivity contribution in [3.05, 3.63) is 33.9 Å². The summed E-state index contributed by atoms with van der Waals surface area (Å²) in [6.07, 6.45) is 0.888. The molecule has 1 aromatic rings. The van der Waals surface area contributed by atoms with Gasteiger partial charge < -0.3 is 10.1 Å². The molecule has 0 spiro atoms. The Kier molecular flexibility index (Phi) is 5.10. The Morgan fingerprint density at radius 2 is 2.17 bits per heavy atom. The number of nitro benzene ring substituents is 1. The first-order valence-electron chi connectivity index (χ1n) is 5.79. The quantitative estimate of drug-likeness (QED) is 0.478. The van der Waals surface area contributed by atoms with Crippen LogP contribution in [0.15, 0.2) is 18.2 Å². The number of hydrogen-bond acceptors (Lipinski definition) is 5. The fourth-order valence-corrected chi connectivity index (χ4v) is 1.44. The van der Waals surface area contributed by atoms with Crippen LogP contribution in [0.5, 0.6) is 0 Å². The summed E-state index contributed by atoms with van der Waals surface area (Å²) in [7, 11) is 0. The van der Waals surface area contributed by atoms with Crippen molar-refractivity contribution in [3.63, 3.8) is 0 Å². The van der Waals surface area contributed by atoms with Crippen molar-refractivity contribution in [3.8, 4) is 0 Å². The van der Waals surface area contributed by atoms with Crippen LogP contribution in [0.1, 0.15) is 30.6 Å². The minimum atomic E-state index is -0.556. The van der Waals surface area contributed by atoms with Crippen LogP contribution in [0.2, 0.25) is 0 Å². The largest absolute Gasteiger partial charge is 0.462 e. The summed E-state index contributed by atoms with van der Waals surface area (Å²) in [4.78, 5) is 21.9. The average molecular weight is 252 g/mol. The Morgan fingerprint density at radius 1 is 1.44 bits per heavy atom. The molecule has 0 fully saturated rings. The highest BCUT2D eigenvalue weighted by Gasteiger charge is 2.17. The first kappa shape index (κ1) is 14.0. The molecule has 18 heavy (non-hydrogen) atoms. The zero-order valence-corrected chi connectivity index (χ0v) is 10.4. The highest BCUT2D eigenvalue weighted by atomic mass is 16.6. The predicted molar refractivity (Wildman–Crippen MR) is 67.8 cm³/mol. The zero-order chi connectivity index (χ0) is 13.5. The molecule has 1 rings (SSSR count). The van der Waals surface area contributed by atoms with Gasteiger partial charge in [-0.3, -0.25) is 10.1 Å². The van der Waals surface area contributed by atoms with Gasteiger partial charge in [-0.1, -0.05) is 6.92 Å². The molecule has 0 aromatic heterocycles. The summed E-state index contributed by atoms with van der Waals surface area (Å²) in [6, 6.07) is 4.12. The monoisotopic (exact) mass is 252 g/mol. The molecule has 1 aromatic carbocycles. The van der Waals surface area contributed by atoms with Crippen molar-refractivity contribution in [1.29, 1.82) is 0 Å². The van der Waals surface area contributed by atoms with Crippen molar-refractivity contribution >= 4 is 17.3 Å². The molecule has 0 bridgehead atoms. The number of anilines is 1. The maximum atomic E-state index is 11.7. The second-order valence-corrected chi connectivity index (χ2v) is 3.63. The summed E-state index contributed by atoms with van der Waals surface area (Å²) < 4.78 is 4.88. The van der Waals surface area contributed by atoms with E-state index in [0.29, 0.717) is 12.2 Å². The third kappa shape index (κ3) is 3.44. The molecule has 6 nitrogen and oxygen atoms in total. The Balaban J connectivity index is 3.09. The molecule has 0 aliphatic heterocycles. The van der Waals surface area contributed by atoms with Gasteiger partial charge in [0, 0.05) is 24.4 Å². The van der Waals surface area contributed by atoms with Gasteiger partial charge >= 0.3 is 5.97 Å². The van der Waals surface area contributed by atoms with Gasteiger partial charge in [0.05, 0.1) is 17.1 Å². The Morgan fingerprint density at radius 3 is 2.72 bits per heavy atom. The standard InChI is InChI=1S/C12H16N2O4/c1-3-7-13-11-6-5-9(14(16)17)8-10(11)12(15)18-4-2/h5-6,8,13H,3-4,7H2,1-2H3. The van der Waals surface area contributed by atoms with Gasteiger partial charge in [0.1, 0.15) is 0 Å². The lowest BCUT2D eigenvalue weighted by Gasteiger charge is -2.10. The van der Waals surface area contributed by atoms with Crippen LogP contribution < -0.4 is 5.32 Å². The molecule has 6 heteroatoms. The number of benzene rings is 1. The number of nitrogens with zero attached hydrogens (tertiary/aromatic N) is 1. The lowest BCUT2D eigenvalue weighted by atomic mass is 10.1. The molecule has 0 amide bonds. The van der Waals surface area contributed by atoms with Crippen molar-refractivity contribution in [1.82, 2.24) is 0 Å². The number of nitro groups is 1. The summed E-state index contributed by atoms with van der Waals surface area (Å²) in [5, 5.41) is 13.7. The zero-order valence-electron chi connectivity index (χ0n) is 10.4. The van der Waals surface area contributed by atoms with Gasteiger partial charge in [-0.2, -0.15) is 0 Å². The number of carbonyl (C=O) groups excluding carboxylic acids is 1. The SMILES string of the molecule is CCCNc1ccc([N+](=O)[O-])cc1C(=O)OCC. The van der Waals surface area contributed by atoms with Crippen LogP contribution in [0, 0.1) is 10.1 Å². The molecule has 0 heterocycles. The molecule has 0 radical (unpaired) electrons. The van der Waals surface area contributed by atoms with E-state index in [-0.39, 0.29) is 17.9 Å². The minimum absolute atomic E-state index is 0.125. The molecule has 0 unspecified atom stereocenters. The molecule has 0 saturated heterocycles. The smallest absolute Gasteiger partial charge is 0.340 e. The molecule has 0 saturated carbocycles. The third-order valence-corrected chi connectivity index (χ3v) is 2.27. The fraction of sp³-hybridized carbons (Fsp3) is 0.417. The van der Waals surface area contributed by atoms with E-state index in [2.05, 4.69) is 5.32 Å². The van der Waals surface area contributed by atoms with E-state index in [9.17, 15) is 14.9 Å². The van der Waals surface area contributed by atoms with Crippen LogP contribution in [0.25, 0.3) is 0 Å². The van der Waals surface area contributed by atoms with Crippen LogP contribution >= 0.6 is 0 Å². The number of ether oxygens (including phenoxy) is 1. The number of rotatable bonds is 6. The van der Waals surface area contributed by atoms with E-state index in [1.807, 2.05) is 6.92 Å². The Labute approximate surface area is 105 Å². The Bertz CT molecular complexity index is 446. The molecule has 0 atom stereocenters. The highest BCUT2D eigenvalue weighted by Crippen LogP contribution is 2.23. The minimum Gasteiger partial charge on any atom is -0.462 e. The summed E-state index contributed by atoms with van der Waals surface area (Å²) >= 11 is 0. The van der Waals surface area contributed by atoms with E-state index in [1.165, 1.54) is 18.2 Å². The van der Waals surface area contributed by atoms with Crippen LogP contribution in [-0.4, -0.2) is 24.0 Å². The van der Waals surface area contributed by atoms with Crippen molar-refractivity contribution in [2.24, 2.45) is 0 Å². The third-order valence-electron chi connectivity index (χ3n) is 2.27. The number of hydrogen-bond donors (Lipinski definition) is 1. The second-order valence-electron chi connectivity index (χ2n) is 3.63. The molecule has 0 aliphatic rings. The predicted octanol–water partition coefficient (Wildman–Crippen LogP) is 2.59. The molecule has 0 aliphatic carbocycles. The van der Waals surface area contributed by atoms with Crippen LogP contribution in [0.3, 0.4) is 0 Å². The van der Waals surface area contributed by atoms with Gasteiger partial charge in [-0.05, 0) is 19.4 Å². The van der Waals surface area contributed by atoms with Gasteiger partial charge in [0.25, 0.3) is 5.69 Å². The van der Waals surface area contributed by atoms with E-state index in [4.69, 9.17) is 4.74 Å². The van der Waals surface area contributed by atoms with Gasteiger partial charge in [-0.25, -0.2) is 4.79 Å². The molecule has 1 N–H and O–H groups in total. The first-order valence-corrected chi connectivity index (χ1v) is 5.79. The highest BCUT2D eigenvalue weighted by molar-refractivity contribution is 5.96. The summed E-state index contributed by atoms with van der Waals surface area (Å²) in [5.74, 6) is -0.556. The molecular formula is C12H16N2O4. The summed E-state index contributed by atoms with van der Waals surface area (Å²) in [6.45, 7) is 4.59. The lowest BCUT2D eigenvalue weighted by Crippen LogP contribution is -2.11. The van der Waals surface area contributed by atoms with Crippen molar-refractivity contribution in [2.45, 2.75) is 20.3 Å². The normalized spacial score (nSPS) is 9.89. The molecular weight excluding hydrogens is 236 g/mol. The van der Waals surface area contributed by atoms with Crippen LogP contribution in [0.4, 0.5) is 11.4 Å².